The van der Waals surface area contributed by atoms with Crippen molar-refractivity contribution in [1.29, 1.82) is 0 Å². The summed E-state index contributed by atoms with van der Waals surface area (Å²) in [4.78, 5) is 20.3. The number of nitrogen functional groups attached to an aromatic ring is 1. The lowest BCUT2D eigenvalue weighted by atomic mass is 10.2. The largest absolute Gasteiger partial charge is 0.436 e. The summed E-state index contributed by atoms with van der Waals surface area (Å²) in [7, 11) is 0. The van der Waals surface area contributed by atoms with Crippen LogP contribution in [0.15, 0.2) is 40.3 Å². The predicted molar refractivity (Wildman–Crippen MR) is 90.7 cm³/mol. The Morgan fingerprint density at radius 3 is 2.88 bits per heavy atom. The summed E-state index contributed by atoms with van der Waals surface area (Å²) >= 11 is 0. The quantitative estimate of drug-likeness (QED) is 0.674. The monoisotopic (exact) mass is 336 g/mol. The van der Waals surface area contributed by atoms with Gasteiger partial charge < -0.3 is 10.5 Å². The van der Waals surface area contributed by atoms with E-state index in [2.05, 4.69) is 15.1 Å². The van der Waals surface area contributed by atoms with Gasteiger partial charge in [-0.05, 0) is 41.0 Å². The van der Waals surface area contributed by atoms with E-state index in [1.54, 1.807) is 28.8 Å². The minimum Gasteiger partial charge on any atom is -0.436 e. The van der Waals surface area contributed by atoms with Gasteiger partial charge >= 0.3 is 11.3 Å². The molecule has 2 N–H and O–H groups in total. The number of amidine groups is 1. The summed E-state index contributed by atoms with van der Waals surface area (Å²) in [6.45, 7) is 3.98. The Hall–Kier alpha value is -3.09. The molecular weight excluding hydrogens is 318 g/mol. The summed E-state index contributed by atoms with van der Waals surface area (Å²) in [5.74, 6) is 1.74. The topological polar surface area (TPSA) is 95.8 Å². The maximum Gasteiger partial charge on any atom is 0.351 e. The number of hydrogen-bond acceptors (Lipinski definition) is 4. The number of benzene rings is 1. The second kappa shape index (κ2) is 5.77. The molecule has 2 aliphatic rings. The van der Waals surface area contributed by atoms with E-state index in [1.807, 2.05) is 26.0 Å². The van der Waals surface area contributed by atoms with Crippen LogP contribution in [0.5, 0.6) is 11.6 Å². The van der Waals surface area contributed by atoms with Gasteiger partial charge in [0, 0.05) is 29.8 Å². The third-order valence-corrected chi connectivity index (χ3v) is 4.41. The second-order valence-electron chi connectivity index (χ2n) is 6.46. The van der Waals surface area contributed by atoms with Gasteiger partial charge in [-0.15, -0.1) is 0 Å². The number of rotatable bonds is 3. The first-order valence-electron chi connectivity index (χ1n) is 8.15. The Labute approximate surface area is 144 Å². The van der Waals surface area contributed by atoms with Crippen molar-refractivity contribution in [3.05, 3.63) is 47.6 Å². The molecule has 25 heavy (non-hydrogen) atoms. The molecule has 0 radical (unpaired) electrons. The first-order chi connectivity index (χ1) is 12.0. The molecule has 2 unspecified atom stereocenters. The first-order valence-corrected chi connectivity index (χ1v) is 8.15. The summed E-state index contributed by atoms with van der Waals surface area (Å²) in [5, 5.41) is 4.35. The predicted octanol–water partition coefficient (Wildman–Crippen LogP) is 1.28. The van der Waals surface area contributed by atoms with Crippen molar-refractivity contribution >= 4 is 17.4 Å². The van der Waals surface area contributed by atoms with E-state index in [1.165, 1.54) is 0 Å². The third kappa shape index (κ3) is 3.13. The first kappa shape index (κ1) is 15.4. The number of aromatic nitrogens is 2. The normalized spacial score (nSPS) is 22.1. The van der Waals surface area contributed by atoms with Crippen molar-refractivity contribution < 1.29 is 13.9 Å². The van der Waals surface area contributed by atoms with Crippen molar-refractivity contribution in [2.45, 2.75) is 20.3 Å². The third-order valence-electron chi connectivity index (χ3n) is 4.41. The number of amides is 1. The van der Waals surface area contributed by atoms with Crippen molar-refractivity contribution in [3.63, 3.8) is 0 Å². The Kier molecular flexibility index (Phi) is 3.56. The Morgan fingerprint density at radius 1 is 1.36 bits per heavy atom. The average Bonchev–Trinajstić information content (AvgIpc) is 3.17. The van der Waals surface area contributed by atoms with Crippen LogP contribution in [0, 0.1) is 25.0 Å². The number of carbonyl (C=O) groups excluding carboxylic acids is 1. The molecule has 1 amide bonds. The average molecular weight is 336 g/mol. The standard InChI is InChI=1S/C18H18N5O2/c1-10-3-4-12(8-14(10)19)25-17-6-5-16-20-15(9-23(16)22-17)21-18(24)13-7-11(13)2/h3-6,8-9,11,13H,7,19H2,1-2H3/q+1. The van der Waals surface area contributed by atoms with Gasteiger partial charge in [-0.1, -0.05) is 17.3 Å². The molecule has 7 heteroatoms. The van der Waals surface area contributed by atoms with E-state index >= 15 is 0 Å². The van der Waals surface area contributed by atoms with Gasteiger partial charge in [0.25, 0.3) is 11.8 Å². The zero-order valence-electron chi connectivity index (χ0n) is 14.0. The van der Waals surface area contributed by atoms with Gasteiger partial charge in [0.05, 0.1) is 0 Å². The summed E-state index contributed by atoms with van der Waals surface area (Å²) in [5.41, 5.74) is 8.15. The molecule has 126 valence electrons. The number of nitrogens with two attached hydrogens (primary N) is 1. The summed E-state index contributed by atoms with van der Waals surface area (Å²) < 4.78 is 7.29. The van der Waals surface area contributed by atoms with Gasteiger partial charge in [0.2, 0.25) is 0 Å². The van der Waals surface area contributed by atoms with E-state index in [-0.39, 0.29) is 11.8 Å². The van der Waals surface area contributed by atoms with Crippen molar-refractivity contribution in [1.82, 2.24) is 5.10 Å². The van der Waals surface area contributed by atoms with E-state index < -0.39 is 0 Å². The van der Waals surface area contributed by atoms with E-state index in [0.29, 0.717) is 34.6 Å². The van der Waals surface area contributed by atoms with Gasteiger partial charge in [-0.3, -0.25) is 4.79 Å². The highest BCUT2D eigenvalue weighted by atomic mass is 16.5. The molecule has 0 saturated heterocycles. The molecule has 2 atom stereocenters. The number of aliphatic imine (C=N–C) groups is 1. The molecule has 2 heterocycles. The molecule has 4 rings (SSSR count). The zero-order valence-corrected chi connectivity index (χ0v) is 14.0. The Bertz CT molecular complexity index is 1030. The van der Waals surface area contributed by atoms with Gasteiger partial charge in [0.15, 0.2) is 6.21 Å². The van der Waals surface area contributed by atoms with Gasteiger partial charge in [0.1, 0.15) is 5.75 Å². The molecule has 1 saturated carbocycles. The fourth-order valence-electron chi connectivity index (χ4n) is 2.63. The van der Waals surface area contributed by atoms with Crippen molar-refractivity contribution in [2.75, 3.05) is 5.73 Å². The number of ether oxygens (including phenoxy) is 1. The molecule has 1 aromatic carbocycles. The number of carbonyl (C=O) groups is 1. The highest BCUT2D eigenvalue weighted by molar-refractivity contribution is 5.99. The van der Waals surface area contributed by atoms with E-state index in [4.69, 9.17) is 10.5 Å². The van der Waals surface area contributed by atoms with E-state index in [0.717, 1.165) is 12.0 Å². The summed E-state index contributed by atoms with van der Waals surface area (Å²) in [6.07, 6.45) is 2.53. The fourth-order valence-corrected chi connectivity index (χ4v) is 2.63. The molecule has 1 fully saturated rings. The van der Waals surface area contributed by atoms with Crippen LogP contribution in [-0.2, 0) is 4.79 Å². The zero-order chi connectivity index (χ0) is 17.6. The molecular formula is C18H18N5O2+. The number of hydrogen-bond donors (Lipinski definition) is 1. The SMILES string of the molecule is Cc1ccc(Oc2ccc3[n+](n2)=CC(=NC(=O)C2CC2C)N=3)cc1N. The molecule has 1 aromatic heterocycles. The molecule has 2 aromatic rings. The van der Waals surface area contributed by atoms with Crippen LogP contribution in [0.3, 0.4) is 0 Å². The minimum absolute atomic E-state index is 0.0451. The Balaban J connectivity index is 1.58. The van der Waals surface area contributed by atoms with Crippen molar-refractivity contribution in [2.24, 2.45) is 21.8 Å². The number of aryl methyl sites for hydroxylation is 1. The molecule has 1 aliphatic carbocycles. The smallest absolute Gasteiger partial charge is 0.351 e. The minimum atomic E-state index is -0.109. The molecule has 0 spiro atoms. The van der Waals surface area contributed by atoms with Crippen LogP contribution in [0.2, 0.25) is 0 Å². The van der Waals surface area contributed by atoms with Crippen LogP contribution in [-0.4, -0.2) is 16.8 Å². The van der Waals surface area contributed by atoms with Crippen LogP contribution in [0.1, 0.15) is 18.9 Å². The van der Waals surface area contributed by atoms with Crippen LogP contribution in [0.4, 0.5) is 5.69 Å². The number of nitrogens with zero attached hydrogens (tertiary/aromatic N) is 4. The van der Waals surface area contributed by atoms with Gasteiger partial charge in [-0.2, -0.15) is 4.99 Å². The molecule has 7 nitrogen and oxygen atoms in total. The highest BCUT2D eigenvalue weighted by Gasteiger charge is 2.39. The Morgan fingerprint density at radius 2 is 2.16 bits per heavy atom. The second-order valence-corrected chi connectivity index (χ2v) is 6.46. The van der Waals surface area contributed by atoms with E-state index in [9.17, 15) is 4.79 Å². The maximum atomic E-state index is 12.0. The summed E-state index contributed by atoms with van der Waals surface area (Å²) in [6, 6.07) is 8.96. The number of fused-ring (bicyclic) bond motifs is 1. The molecule has 0 bridgehead atoms. The highest BCUT2D eigenvalue weighted by Crippen LogP contribution is 2.38. The van der Waals surface area contributed by atoms with Crippen LogP contribution >= 0.6 is 0 Å². The number of anilines is 1. The van der Waals surface area contributed by atoms with Crippen LogP contribution < -0.4 is 20.3 Å². The lowest BCUT2D eigenvalue weighted by Gasteiger charge is -2.05. The maximum absolute atomic E-state index is 12.0. The van der Waals surface area contributed by atoms with Gasteiger partial charge in [-0.25, -0.2) is 0 Å². The molecule has 1 aliphatic heterocycles. The van der Waals surface area contributed by atoms with Crippen LogP contribution in [0.25, 0.3) is 0 Å². The lowest BCUT2D eigenvalue weighted by molar-refractivity contribution is -0.588. The van der Waals surface area contributed by atoms with Crippen molar-refractivity contribution in [3.8, 4) is 11.6 Å². The lowest BCUT2D eigenvalue weighted by Crippen LogP contribution is -2.37. The fraction of sp³-hybridized carbons (Fsp3) is 0.278.